The van der Waals surface area contributed by atoms with Gasteiger partial charge in [-0.1, -0.05) is 0 Å². The van der Waals surface area contributed by atoms with Crippen LogP contribution >= 0.6 is 0 Å². The first kappa shape index (κ1) is 15.4. The van der Waals surface area contributed by atoms with Crippen LogP contribution in [0, 0.1) is 0 Å². The van der Waals surface area contributed by atoms with Crippen molar-refractivity contribution < 1.29 is 29.3 Å². The van der Waals surface area contributed by atoms with E-state index >= 15 is 0 Å². The van der Waals surface area contributed by atoms with Crippen LogP contribution in [0.1, 0.15) is 23.2 Å². The van der Waals surface area contributed by atoms with Crippen molar-refractivity contribution in [3.05, 3.63) is 23.9 Å². The van der Waals surface area contributed by atoms with Gasteiger partial charge in [-0.3, -0.25) is 9.59 Å². The molecule has 1 amide bonds. The number of nitrogens with zero attached hydrogens (tertiary/aromatic N) is 1. The van der Waals surface area contributed by atoms with Gasteiger partial charge in [-0.25, -0.2) is 9.78 Å². The monoisotopic (exact) mass is 282 g/mol. The fraction of sp³-hybridized carbons (Fsp3) is 0.333. The van der Waals surface area contributed by atoms with Gasteiger partial charge in [0, 0.05) is 12.6 Å². The fourth-order valence-electron chi connectivity index (χ4n) is 1.49. The molecule has 1 heterocycles. The third-order valence-electron chi connectivity index (χ3n) is 2.46. The van der Waals surface area contributed by atoms with E-state index in [4.69, 9.17) is 14.9 Å². The van der Waals surface area contributed by atoms with Crippen LogP contribution in [0.25, 0.3) is 0 Å². The van der Waals surface area contributed by atoms with Gasteiger partial charge >= 0.3 is 11.9 Å². The number of hydrogen-bond acceptors (Lipinski definition) is 5. The van der Waals surface area contributed by atoms with Gasteiger partial charge in [0.15, 0.2) is 0 Å². The van der Waals surface area contributed by atoms with Gasteiger partial charge in [0.1, 0.15) is 11.6 Å². The number of aliphatic carboxylic acids is 2. The number of carbonyl (C=O) groups is 3. The number of hydrogen-bond donors (Lipinski definition) is 3. The molecule has 20 heavy (non-hydrogen) atoms. The van der Waals surface area contributed by atoms with Gasteiger partial charge in [0.2, 0.25) is 5.88 Å². The number of carbonyl (C=O) groups excluding carboxylic acids is 1. The molecule has 8 heteroatoms. The van der Waals surface area contributed by atoms with E-state index in [0.29, 0.717) is 0 Å². The molecule has 1 aromatic heterocycles. The van der Waals surface area contributed by atoms with Crippen LogP contribution in [0.5, 0.6) is 5.88 Å². The van der Waals surface area contributed by atoms with Crippen LogP contribution in [-0.2, 0) is 9.59 Å². The first-order valence-corrected chi connectivity index (χ1v) is 5.70. The zero-order valence-corrected chi connectivity index (χ0v) is 10.7. The summed E-state index contributed by atoms with van der Waals surface area (Å²) >= 11 is 0. The van der Waals surface area contributed by atoms with Crippen LogP contribution in [0.2, 0.25) is 0 Å². The van der Waals surface area contributed by atoms with Crippen LogP contribution < -0.4 is 10.1 Å². The Kier molecular flexibility index (Phi) is 5.45. The van der Waals surface area contributed by atoms with E-state index in [9.17, 15) is 14.4 Å². The topological polar surface area (TPSA) is 126 Å². The van der Waals surface area contributed by atoms with Gasteiger partial charge < -0.3 is 20.3 Å². The Morgan fingerprint density at radius 1 is 1.40 bits per heavy atom. The molecule has 8 nitrogen and oxygen atoms in total. The minimum Gasteiger partial charge on any atom is -0.481 e. The zero-order valence-electron chi connectivity index (χ0n) is 10.7. The lowest BCUT2D eigenvalue weighted by molar-refractivity contribution is -0.140. The van der Waals surface area contributed by atoms with Crippen LogP contribution in [-0.4, -0.2) is 46.2 Å². The van der Waals surface area contributed by atoms with Crippen molar-refractivity contribution in [1.29, 1.82) is 0 Å². The molecule has 0 spiro atoms. The summed E-state index contributed by atoms with van der Waals surface area (Å²) in [4.78, 5) is 37.2. The quantitative estimate of drug-likeness (QED) is 0.649. The summed E-state index contributed by atoms with van der Waals surface area (Å²) in [5, 5.41) is 19.7. The van der Waals surface area contributed by atoms with Gasteiger partial charge in [-0.15, -0.1) is 0 Å². The second-order valence-corrected chi connectivity index (χ2v) is 3.86. The highest BCUT2D eigenvalue weighted by atomic mass is 16.5. The number of carboxylic acids is 2. The summed E-state index contributed by atoms with van der Waals surface area (Å²) in [6, 6.07) is 1.64. The molecule has 0 fully saturated rings. The first-order valence-electron chi connectivity index (χ1n) is 5.70. The van der Waals surface area contributed by atoms with Crippen molar-refractivity contribution >= 4 is 17.8 Å². The average Bonchev–Trinajstić information content (AvgIpc) is 2.42. The van der Waals surface area contributed by atoms with Gasteiger partial charge in [0.25, 0.3) is 5.91 Å². The van der Waals surface area contributed by atoms with E-state index in [0.717, 1.165) is 0 Å². The van der Waals surface area contributed by atoms with Gasteiger partial charge in [-0.2, -0.15) is 0 Å². The highest BCUT2D eigenvalue weighted by Crippen LogP contribution is 2.13. The Labute approximate surface area is 114 Å². The molecule has 0 unspecified atom stereocenters. The Morgan fingerprint density at radius 2 is 2.10 bits per heavy atom. The lowest BCUT2D eigenvalue weighted by atomic mass is 10.1. The standard InChI is InChI=1S/C12H14N2O6/c1-20-11-7(3-2-6-13-11)10(17)14-8(12(18)19)4-5-9(15)16/h2-3,6,8H,4-5H2,1H3,(H,14,17)(H,15,16)(H,18,19)/t8-/m1/s1. The number of aromatic nitrogens is 1. The zero-order chi connectivity index (χ0) is 15.1. The van der Waals surface area contributed by atoms with E-state index in [1.807, 2.05) is 0 Å². The number of pyridine rings is 1. The molecule has 0 saturated carbocycles. The summed E-state index contributed by atoms with van der Waals surface area (Å²) < 4.78 is 4.89. The molecule has 108 valence electrons. The molecule has 1 rings (SSSR count). The Balaban J connectivity index is 2.80. The lowest BCUT2D eigenvalue weighted by Gasteiger charge is -2.14. The van der Waals surface area contributed by atoms with Crippen molar-refractivity contribution in [2.24, 2.45) is 0 Å². The molecule has 0 aromatic carbocycles. The summed E-state index contributed by atoms with van der Waals surface area (Å²) in [5.41, 5.74) is 0.0802. The smallest absolute Gasteiger partial charge is 0.326 e. The third kappa shape index (κ3) is 4.23. The predicted octanol–water partition coefficient (Wildman–Crippen LogP) is 0.138. The van der Waals surface area contributed by atoms with Crippen molar-refractivity contribution in [3.63, 3.8) is 0 Å². The van der Waals surface area contributed by atoms with E-state index < -0.39 is 23.9 Å². The SMILES string of the molecule is COc1ncccc1C(=O)N[C@H](CCC(=O)O)C(=O)O. The summed E-state index contributed by atoms with van der Waals surface area (Å²) in [6.45, 7) is 0. The second kappa shape index (κ2) is 7.07. The molecule has 0 saturated heterocycles. The number of rotatable bonds is 7. The van der Waals surface area contributed by atoms with Gasteiger partial charge in [-0.05, 0) is 18.6 Å². The number of amides is 1. The number of ether oxygens (including phenoxy) is 1. The van der Waals surface area contributed by atoms with Crippen molar-refractivity contribution in [2.45, 2.75) is 18.9 Å². The highest BCUT2D eigenvalue weighted by molar-refractivity contribution is 5.98. The number of nitrogens with one attached hydrogen (secondary N) is 1. The third-order valence-corrected chi connectivity index (χ3v) is 2.46. The Hall–Kier alpha value is -2.64. The molecular weight excluding hydrogens is 268 g/mol. The van der Waals surface area contributed by atoms with Crippen molar-refractivity contribution in [3.8, 4) is 5.88 Å². The Morgan fingerprint density at radius 3 is 2.65 bits per heavy atom. The van der Waals surface area contributed by atoms with E-state index in [-0.39, 0.29) is 24.3 Å². The summed E-state index contributed by atoms with van der Waals surface area (Å²) in [7, 11) is 1.33. The molecule has 0 aliphatic rings. The van der Waals surface area contributed by atoms with Crippen molar-refractivity contribution in [2.75, 3.05) is 7.11 Å². The highest BCUT2D eigenvalue weighted by Gasteiger charge is 2.23. The molecule has 0 aliphatic heterocycles. The first-order chi connectivity index (χ1) is 9.45. The maximum absolute atomic E-state index is 11.9. The largest absolute Gasteiger partial charge is 0.481 e. The molecule has 1 atom stereocenters. The van der Waals surface area contributed by atoms with Gasteiger partial charge in [0.05, 0.1) is 7.11 Å². The summed E-state index contributed by atoms with van der Waals surface area (Å²) in [5.74, 6) is -3.06. The minimum atomic E-state index is -1.30. The van der Waals surface area contributed by atoms with Crippen molar-refractivity contribution in [1.82, 2.24) is 10.3 Å². The molecular formula is C12H14N2O6. The maximum Gasteiger partial charge on any atom is 0.326 e. The molecule has 0 aliphatic carbocycles. The van der Waals surface area contributed by atoms with E-state index in [1.54, 1.807) is 0 Å². The normalized spacial score (nSPS) is 11.4. The molecule has 3 N–H and O–H groups in total. The van der Waals surface area contributed by atoms with Crippen LogP contribution in [0.15, 0.2) is 18.3 Å². The minimum absolute atomic E-state index is 0.0624. The average molecular weight is 282 g/mol. The van der Waals surface area contributed by atoms with Crippen LogP contribution in [0.3, 0.4) is 0 Å². The van der Waals surface area contributed by atoms with E-state index in [1.165, 1.54) is 25.4 Å². The lowest BCUT2D eigenvalue weighted by Crippen LogP contribution is -2.41. The van der Waals surface area contributed by atoms with E-state index in [2.05, 4.69) is 10.3 Å². The van der Waals surface area contributed by atoms with Crippen LogP contribution in [0.4, 0.5) is 0 Å². The molecule has 0 radical (unpaired) electrons. The maximum atomic E-state index is 11.9. The summed E-state index contributed by atoms with van der Waals surface area (Å²) in [6.07, 6.45) is 0.856. The number of carboxylic acid groups (broad SMARTS) is 2. The predicted molar refractivity (Wildman–Crippen MR) is 66.5 cm³/mol. The number of methoxy groups -OCH3 is 1. The molecule has 1 aromatic rings. The second-order valence-electron chi connectivity index (χ2n) is 3.86. The fourth-order valence-corrected chi connectivity index (χ4v) is 1.49. The Bertz CT molecular complexity index is 516. The molecule has 0 bridgehead atoms.